The Hall–Kier alpha value is -0.830. The van der Waals surface area contributed by atoms with Crippen molar-refractivity contribution in [1.82, 2.24) is 0 Å². The fourth-order valence-corrected chi connectivity index (χ4v) is 2.50. The molecule has 0 aromatic carbocycles. The molecule has 0 amide bonds. The van der Waals surface area contributed by atoms with Gasteiger partial charge in [0, 0.05) is 0 Å². The number of carboxylic acid groups (broad SMARTS) is 1. The van der Waals surface area contributed by atoms with E-state index >= 15 is 0 Å². The van der Waals surface area contributed by atoms with Gasteiger partial charge >= 0.3 is 5.97 Å². The van der Waals surface area contributed by atoms with Gasteiger partial charge in [0.1, 0.15) is 0 Å². The SMILES string of the molecule is C=C(C(=O)O)C(O)CCCCCCCCCCCCCC. The summed E-state index contributed by atoms with van der Waals surface area (Å²) in [4.78, 5) is 10.6. The van der Waals surface area contributed by atoms with Crippen molar-refractivity contribution in [3.8, 4) is 0 Å². The third-order valence-corrected chi connectivity index (χ3v) is 4.01. The van der Waals surface area contributed by atoms with E-state index in [-0.39, 0.29) is 5.57 Å². The average molecular weight is 298 g/mol. The van der Waals surface area contributed by atoms with Crippen molar-refractivity contribution in [2.75, 3.05) is 0 Å². The van der Waals surface area contributed by atoms with E-state index < -0.39 is 12.1 Å². The van der Waals surface area contributed by atoms with Gasteiger partial charge < -0.3 is 10.2 Å². The molecule has 0 saturated carbocycles. The minimum absolute atomic E-state index is 0.0851. The van der Waals surface area contributed by atoms with Crippen molar-refractivity contribution in [1.29, 1.82) is 0 Å². The van der Waals surface area contributed by atoms with Gasteiger partial charge in [-0.25, -0.2) is 4.79 Å². The van der Waals surface area contributed by atoms with E-state index in [1.165, 1.54) is 64.2 Å². The number of aliphatic hydroxyl groups excluding tert-OH is 1. The van der Waals surface area contributed by atoms with Crippen molar-refractivity contribution < 1.29 is 15.0 Å². The number of carbonyl (C=O) groups is 1. The average Bonchev–Trinajstić information content (AvgIpc) is 2.47. The van der Waals surface area contributed by atoms with Gasteiger partial charge in [0.2, 0.25) is 0 Å². The Kier molecular flexibility index (Phi) is 13.6. The fourth-order valence-electron chi connectivity index (χ4n) is 2.50. The Morgan fingerprint density at radius 1 is 0.857 bits per heavy atom. The molecule has 0 spiro atoms. The maximum absolute atomic E-state index is 10.6. The molecular formula is C18H34O3. The van der Waals surface area contributed by atoms with E-state index in [2.05, 4.69) is 13.5 Å². The molecular weight excluding hydrogens is 264 g/mol. The van der Waals surface area contributed by atoms with Crippen molar-refractivity contribution in [3.63, 3.8) is 0 Å². The molecule has 0 aliphatic carbocycles. The number of unbranched alkanes of at least 4 members (excludes halogenated alkanes) is 11. The first-order chi connectivity index (χ1) is 10.1. The molecule has 0 bridgehead atoms. The Morgan fingerprint density at radius 2 is 1.24 bits per heavy atom. The summed E-state index contributed by atoms with van der Waals surface area (Å²) in [6, 6.07) is 0. The normalized spacial score (nSPS) is 12.3. The standard InChI is InChI=1S/C18H34O3/c1-3-4-5-6-7-8-9-10-11-12-13-14-15-17(19)16(2)18(20)21/h17,19H,2-15H2,1H3,(H,20,21). The van der Waals surface area contributed by atoms with Gasteiger partial charge in [-0.05, 0) is 6.42 Å². The summed E-state index contributed by atoms with van der Waals surface area (Å²) >= 11 is 0. The Labute approximate surface area is 130 Å². The third kappa shape index (κ3) is 12.6. The van der Waals surface area contributed by atoms with Crippen LogP contribution in [0, 0.1) is 0 Å². The molecule has 3 nitrogen and oxygen atoms in total. The molecule has 1 unspecified atom stereocenters. The zero-order chi connectivity index (χ0) is 15.9. The van der Waals surface area contributed by atoms with Crippen molar-refractivity contribution in [3.05, 3.63) is 12.2 Å². The molecule has 0 radical (unpaired) electrons. The van der Waals surface area contributed by atoms with Crippen LogP contribution in [0.1, 0.15) is 90.4 Å². The number of aliphatic carboxylic acids is 1. The first kappa shape index (κ1) is 20.2. The number of rotatable bonds is 15. The molecule has 21 heavy (non-hydrogen) atoms. The van der Waals surface area contributed by atoms with E-state index in [4.69, 9.17) is 5.11 Å². The summed E-state index contributed by atoms with van der Waals surface area (Å²) in [7, 11) is 0. The lowest BCUT2D eigenvalue weighted by Crippen LogP contribution is -2.16. The monoisotopic (exact) mass is 298 g/mol. The summed E-state index contributed by atoms with van der Waals surface area (Å²) in [5.41, 5.74) is -0.0851. The van der Waals surface area contributed by atoms with Crippen LogP contribution in [-0.4, -0.2) is 22.3 Å². The van der Waals surface area contributed by atoms with Crippen LogP contribution in [-0.2, 0) is 4.79 Å². The topological polar surface area (TPSA) is 57.5 Å². The van der Waals surface area contributed by atoms with E-state index in [0.717, 1.165) is 12.8 Å². The number of carboxylic acids is 1. The van der Waals surface area contributed by atoms with Crippen LogP contribution in [0.2, 0.25) is 0 Å². The molecule has 0 saturated heterocycles. The summed E-state index contributed by atoms with van der Waals surface area (Å²) in [5.74, 6) is -1.10. The summed E-state index contributed by atoms with van der Waals surface area (Å²) in [6.45, 7) is 5.63. The lowest BCUT2D eigenvalue weighted by molar-refractivity contribution is -0.133. The van der Waals surface area contributed by atoms with Gasteiger partial charge in [-0.15, -0.1) is 0 Å². The predicted octanol–water partition coefficient (Wildman–Crippen LogP) is 5.08. The van der Waals surface area contributed by atoms with Crippen LogP contribution in [0.4, 0.5) is 0 Å². The first-order valence-electron chi connectivity index (χ1n) is 8.69. The van der Waals surface area contributed by atoms with Crippen molar-refractivity contribution in [2.45, 2.75) is 96.5 Å². The van der Waals surface area contributed by atoms with E-state index in [1.807, 2.05) is 0 Å². The van der Waals surface area contributed by atoms with E-state index in [0.29, 0.717) is 6.42 Å². The zero-order valence-electron chi connectivity index (χ0n) is 13.8. The molecule has 2 N–H and O–H groups in total. The second-order valence-electron chi connectivity index (χ2n) is 6.02. The molecule has 0 aliphatic heterocycles. The second-order valence-corrected chi connectivity index (χ2v) is 6.02. The number of hydrogen-bond donors (Lipinski definition) is 2. The highest BCUT2D eigenvalue weighted by Crippen LogP contribution is 2.14. The zero-order valence-corrected chi connectivity index (χ0v) is 13.8. The minimum Gasteiger partial charge on any atom is -0.478 e. The molecule has 0 aromatic rings. The van der Waals surface area contributed by atoms with Gasteiger partial charge in [0.25, 0.3) is 0 Å². The van der Waals surface area contributed by atoms with E-state index in [1.54, 1.807) is 0 Å². The highest BCUT2D eigenvalue weighted by Gasteiger charge is 2.14. The van der Waals surface area contributed by atoms with Crippen LogP contribution in [0.3, 0.4) is 0 Å². The van der Waals surface area contributed by atoms with Crippen LogP contribution in [0.15, 0.2) is 12.2 Å². The summed E-state index contributed by atoms with van der Waals surface area (Å²) in [6.07, 6.45) is 14.9. The Morgan fingerprint density at radius 3 is 1.62 bits per heavy atom. The Bertz CT molecular complexity index is 274. The largest absolute Gasteiger partial charge is 0.478 e. The highest BCUT2D eigenvalue weighted by atomic mass is 16.4. The van der Waals surface area contributed by atoms with E-state index in [9.17, 15) is 9.90 Å². The smallest absolute Gasteiger partial charge is 0.333 e. The van der Waals surface area contributed by atoms with Gasteiger partial charge in [0.05, 0.1) is 11.7 Å². The molecule has 3 heteroatoms. The van der Waals surface area contributed by atoms with Crippen LogP contribution < -0.4 is 0 Å². The van der Waals surface area contributed by atoms with Gasteiger partial charge in [0.15, 0.2) is 0 Å². The maximum Gasteiger partial charge on any atom is 0.333 e. The van der Waals surface area contributed by atoms with Gasteiger partial charge in [-0.1, -0.05) is 90.6 Å². The minimum atomic E-state index is -1.10. The van der Waals surface area contributed by atoms with Gasteiger partial charge in [-0.3, -0.25) is 0 Å². The molecule has 0 rings (SSSR count). The molecule has 124 valence electrons. The molecule has 0 fully saturated rings. The second kappa shape index (κ2) is 14.1. The number of aliphatic hydroxyl groups is 1. The third-order valence-electron chi connectivity index (χ3n) is 4.01. The van der Waals surface area contributed by atoms with Crippen LogP contribution >= 0.6 is 0 Å². The predicted molar refractivity (Wildman–Crippen MR) is 88.5 cm³/mol. The quantitative estimate of drug-likeness (QED) is 0.327. The van der Waals surface area contributed by atoms with Crippen molar-refractivity contribution >= 4 is 5.97 Å². The summed E-state index contributed by atoms with van der Waals surface area (Å²) < 4.78 is 0. The lowest BCUT2D eigenvalue weighted by atomic mass is 10.0. The highest BCUT2D eigenvalue weighted by molar-refractivity contribution is 5.86. The molecule has 0 heterocycles. The van der Waals surface area contributed by atoms with Crippen molar-refractivity contribution in [2.24, 2.45) is 0 Å². The van der Waals surface area contributed by atoms with Crippen LogP contribution in [0.5, 0.6) is 0 Å². The summed E-state index contributed by atoms with van der Waals surface area (Å²) in [5, 5.41) is 18.3. The Balaban J connectivity index is 3.22. The fraction of sp³-hybridized carbons (Fsp3) is 0.833. The number of hydrogen-bond acceptors (Lipinski definition) is 2. The van der Waals surface area contributed by atoms with Gasteiger partial charge in [-0.2, -0.15) is 0 Å². The van der Waals surface area contributed by atoms with Crippen LogP contribution in [0.25, 0.3) is 0 Å². The molecule has 0 aromatic heterocycles. The lowest BCUT2D eigenvalue weighted by Gasteiger charge is -2.09. The molecule has 1 atom stereocenters. The first-order valence-corrected chi connectivity index (χ1v) is 8.69. The maximum atomic E-state index is 10.6. The molecule has 0 aliphatic rings.